The fourth-order valence-corrected chi connectivity index (χ4v) is 1.88. The van der Waals surface area contributed by atoms with E-state index in [9.17, 15) is 0 Å². The van der Waals surface area contributed by atoms with Gasteiger partial charge in [0.15, 0.2) is 0 Å². The van der Waals surface area contributed by atoms with Crippen molar-refractivity contribution in [2.45, 2.75) is 46.6 Å². The second-order valence-electron chi connectivity index (χ2n) is 5.50. The third kappa shape index (κ3) is 3.08. The molecule has 1 aliphatic rings. The minimum Gasteiger partial charge on any atom is -0.370 e. The van der Waals surface area contributed by atoms with Gasteiger partial charge in [-0.3, -0.25) is 0 Å². The molecule has 1 atom stereocenters. The highest BCUT2D eigenvalue weighted by Gasteiger charge is 2.45. The molecule has 0 spiro atoms. The molecule has 0 radical (unpaired) electrons. The fraction of sp³-hybridized carbons (Fsp3) is 0.692. The number of hydrogen-bond donors (Lipinski definition) is 2. The minimum absolute atomic E-state index is 0.413. The zero-order valence-corrected chi connectivity index (χ0v) is 11.2. The lowest BCUT2D eigenvalue weighted by Gasteiger charge is -2.10. The zero-order chi connectivity index (χ0) is 12.5. The van der Waals surface area contributed by atoms with Crippen molar-refractivity contribution in [3.63, 3.8) is 0 Å². The van der Waals surface area contributed by atoms with Crippen molar-refractivity contribution < 1.29 is 0 Å². The van der Waals surface area contributed by atoms with Gasteiger partial charge in [0.1, 0.15) is 17.5 Å². The lowest BCUT2D eigenvalue weighted by molar-refractivity contribution is 0.629. The van der Waals surface area contributed by atoms with E-state index in [0.29, 0.717) is 11.5 Å². The summed E-state index contributed by atoms with van der Waals surface area (Å²) in [6, 6.07) is 2.55. The Morgan fingerprint density at radius 1 is 1.35 bits per heavy atom. The van der Waals surface area contributed by atoms with Crippen LogP contribution in [-0.4, -0.2) is 22.6 Å². The molecule has 2 N–H and O–H groups in total. The summed E-state index contributed by atoms with van der Waals surface area (Å²) in [6.45, 7) is 9.57. The molecule has 1 aromatic heterocycles. The van der Waals surface area contributed by atoms with E-state index in [1.54, 1.807) is 0 Å². The first-order valence-electron chi connectivity index (χ1n) is 6.37. The lowest BCUT2D eigenvalue weighted by Crippen LogP contribution is -2.12. The molecule has 0 amide bonds. The van der Waals surface area contributed by atoms with E-state index in [1.165, 1.54) is 6.42 Å². The number of nitrogens with one attached hydrogen (secondary N) is 2. The zero-order valence-electron chi connectivity index (χ0n) is 11.2. The largest absolute Gasteiger partial charge is 0.370 e. The highest BCUT2D eigenvalue weighted by atomic mass is 15.1. The molecule has 0 bridgehead atoms. The van der Waals surface area contributed by atoms with E-state index in [4.69, 9.17) is 0 Å². The number of aryl methyl sites for hydroxylation is 1. The summed E-state index contributed by atoms with van der Waals surface area (Å²) in [4.78, 5) is 8.80. The molecule has 1 aliphatic carbocycles. The molecule has 0 aromatic carbocycles. The SMILES string of the molecule is CCCNc1cc(NC2CC2(C)C)nc(C)n1. The normalized spacial score (nSPS) is 21.1. The van der Waals surface area contributed by atoms with Crippen LogP contribution < -0.4 is 10.6 Å². The van der Waals surface area contributed by atoms with Gasteiger partial charge in [-0.25, -0.2) is 9.97 Å². The molecule has 1 aromatic rings. The van der Waals surface area contributed by atoms with Crippen LogP contribution in [0.4, 0.5) is 11.6 Å². The number of rotatable bonds is 5. The van der Waals surface area contributed by atoms with Crippen LogP contribution in [0.25, 0.3) is 0 Å². The first kappa shape index (κ1) is 12.1. The predicted molar refractivity (Wildman–Crippen MR) is 71.4 cm³/mol. The molecule has 4 heteroatoms. The van der Waals surface area contributed by atoms with E-state index in [1.807, 2.05) is 13.0 Å². The number of anilines is 2. The molecule has 17 heavy (non-hydrogen) atoms. The minimum atomic E-state index is 0.413. The molecule has 4 nitrogen and oxygen atoms in total. The van der Waals surface area contributed by atoms with Crippen molar-refractivity contribution in [2.24, 2.45) is 5.41 Å². The van der Waals surface area contributed by atoms with Gasteiger partial charge in [0, 0.05) is 18.7 Å². The Morgan fingerprint density at radius 2 is 2.00 bits per heavy atom. The van der Waals surface area contributed by atoms with Crippen LogP contribution in [0.3, 0.4) is 0 Å². The molecule has 1 unspecified atom stereocenters. The van der Waals surface area contributed by atoms with Gasteiger partial charge < -0.3 is 10.6 Å². The molecule has 0 aliphatic heterocycles. The average molecular weight is 234 g/mol. The molecule has 2 rings (SSSR count). The summed E-state index contributed by atoms with van der Waals surface area (Å²) in [5.74, 6) is 2.67. The Labute approximate surface area is 103 Å². The van der Waals surface area contributed by atoms with Crippen LogP contribution in [0, 0.1) is 12.3 Å². The van der Waals surface area contributed by atoms with E-state index in [0.717, 1.165) is 30.4 Å². The first-order chi connectivity index (χ1) is 8.01. The van der Waals surface area contributed by atoms with Crippen molar-refractivity contribution in [2.75, 3.05) is 17.2 Å². The van der Waals surface area contributed by atoms with Gasteiger partial charge >= 0.3 is 0 Å². The third-order valence-electron chi connectivity index (χ3n) is 3.23. The van der Waals surface area contributed by atoms with Gasteiger partial charge in [-0.15, -0.1) is 0 Å². The van der Waals surface area contributed by atoms with Crippen molar-refractivity contribution >= 4 is 11.6 Å². The van der Waals surface area contributed by atoms with Crippen LogP contribution in [0.2, 0.25) is 0 Å². The standard InChI is InChI=1S/C13H22N4/c1-5-6-14-11-7-12(16-9(2)15-11)17-10-8-13(10,3)4/h7,10H,5-6,8H2,1-4H3,(H2,14,15,16,17). The molecular weight excluding hydrogens is 212 g/mol. The van der Waals surface area contributed by atoms with Crippen LogP contribution in [0.5, 0.6) is 0 Å². The van der Waals surface area contributed by atoms with Gasteiger partial charge in [0.2, 0.25) is 0 Å². The van der Waals surface area contributed by atoms with E-state index in [-0.39, 0.29) is 0 Å². The summed E-state index contributed by atoms with van der Waals surface area (Å²) in [6.07, 6.45) is 2.31. The van der Waals surface area contributed by atoms with Crippen molar-refractivity contribution in [3.05, 3.63) is 11.9 Å². The molecule has 1 fully saturated rings. The summed E-state index contributed by atoms with van der Waals surface area (Å²) in [5.41, 5.74) is 0.413. The van der Waals surface area contributed by atoms with Crippen LogP contribution in [0.15, 0.2) is 6.07 Å². The van der Waals surface area contributed by atoms with Crippen molar-refractivity contribution in [1.29, 1.82) is 0 Å². The van der Waals surface area contributed by atoms with E-state index < -0.39 is 0 Å². The van der Waals surface area contributed by atoms with Gasteiger partial charge in [-0.05, 0) is 25.2 Å². The highest BCUT2D eigenvalue weighted by Crippen LogP contribution is 2.46. The fourth-order valence-electron chi connectivity index (χ4n) is 1.88. The maximum absolute atomic E-state index is 4.43. The number of nitrogens with zero attached hydrogens (tertiary/aromatic N) is 2. The van der Waals surface area contributed by atoms with Gasteiger partial charge in [-0.2, -0.15) is 0 Å². The molecule has 94 valence electrons. The monoisotopic (exact) mass is 234 g/mol. The predicted octanol–water partition coefficient (Wildman–Crippen LogP) is 2.82. The first-order valence-corrected chi connectivity index (χ1v) is 6.37. The molecular formula is C13H22N4. The van der Waals surface area contributed by atoms with Gasteiger partial charge in [0.25, 0.3) is 0 Å². The number of hydrogen-bond acceptors (Lipinski definition) is 4. The second kappa shape index (κ2) is 4.51. The summed E-state index contributed by atoms with van der Waals surface area (Å²) < 4.78 is 0. The quantitative estimate of drug-likeness (QED) is 0.822. The van der Waals surface area contributed by atoms with E-state index >= 15 is 0 Å². The summed E-state index contributed by atoms with van der Waals surface area (Å²) >= 11 is 0. The van der Waals surface area contributed by atoms with Crippen molar-refractivity contribution in [1.82, 2.24) is 9.97 Å². The Kier molecular flexibility index (Phi) is 3.22. The maximum Gasteiger partial charge on any atom is 0.132 e. The number of aromatic nitrogens is 2. The Bertz CT molecular complexity index is 400. The summed E-state index contributed by atoms with van der Waals surface area (Å²) in [7, 11) is 0. The molecule has 0 saturated heterocycles. The molecule has 1 heterocycles. The topological polar surface area (TPSA) is 49.8 Å². The highest BCUT2D eigenvalue weighted by molar-refractivity contribution is 5.49. The third-order valence-corrected chi connectivity index (χ3v) is 3.23. The maximum atomic E-state index is 4.43. The van der Waals surface area contributed by atoms with Crippen LogP contribution >= 0.6 is 0 Å². The van der Waals surface area contributed by atoms with Gasteiger partial charge in [-0.1, -0.05) is 20.8 Å². The van der Waals surface area contributed by atoms with Crippen LogP contribution in [0.1, 0.15) is 39.4 Å². The molecule has 1 saturated carbocycles. The van der Waals surface area contributed by atoms with E-state index in [2.05, 4.69) is 41.4 Å². The van der Waals surface area contributed by atoms with Crippen LogP contribution in [-0.2, 0) is 0 Å². The van der Waals surface area contributed by atoms with Crippen molar-refractivity contribution in [3.8, 4) is 0 Å². The smallest absolute Gasteiger partial charge is 0.132 e. The Balaban J connectivity index is 2.04. The van der Waals surface area contributed by atoms with Gasteiger partial charge in [0.05, 0.1) is 0 Å². The Morgan fingerprint density at radius 3 is 2.59 bits per heavy atom. The second-order valence-corrected chi connectivity index (χ2v) is 5.50. The Hall–Kier alpha value is -1.32. The summed E-state index contributed by atoms with van der Waals surface area (Å²) in [5, 5.41) is 6.77. The average Bonchev–Trinajstić information content (AvgIpc) is 2.82. The lowest BCUT2D eigenvalue weighted by atomic mass is 10.2.